The van der Waals surface area contributed by atoms with Crippen LogP contribution in [0, 0.1) is 0 Å². The van der Waals surface area contributed by atoms with Gasteiger partial charge < -0.3 is 19.4 Å². The number of rotatable bonds is 4. The van der Waals surface area contributed by atoms with Crippen molar-refractivity contribution in [1.82, 2.24) is 0 Å². The first-order valence-electron chi connectivity index (χ1n) is 9.86. The second-order valence-corrected chi connectivity index (χ2v) is 7.36. The molecule has 4 rings (SSSR count). The highest BCUT2D eigenvalue weighted by molar-refractivity contribution is 5.95. The molecule has 1 amide bonds. The van der Waals surface area contributed by atoms with E-state index in [0.717, 1.165) is 62.7 Å². The number of methoxy groups -OCH3 is 1. The third-order valence-electron chi connectivity index (χ3n) is 5.71. The number of benzene rings is 2. The van der Waals surface area contributed by atoms with Gasteiger partial charge in [0, 0.05) is 12.2 Å². The van der Waals surface area contributed by atoms with Gasteiger partial charge in [-0.2, -0.15) is 0 Å². The predicted octanol–water partition coefficient (Wildman–Crippen LogP) is 1.38. The number of nitrogens with one attached hydrogen (secondary N) is 1. The van der Waals surface area contributed by atoms with E-state index in [1.54, 1.807) is 7.11 Å². The molecule has 1 N–H and O–H groups in total. The molecule has 1 fully saturated rings. The number of hydrogen-bond donors (Lipinski definition) is 1. The van der Waals surface area contributed by atoms with Crippen LogP contribution in [0.4, 0.5) is 11.4 Å². The van der Waals surface area contributed by atoms with E-state index in [9.17, 15) is 4.79 Å². The highest BCUT2D eigenvalue weighted by Crippen LogP contribution is 2.28. The molecule has 0 aromatic heterocycles. The lowest BCUT2D eigenvalue weighted by Gasteiger charge is -2.35. The number of aryl methyl sites for hydroxylation is 1. The van der Waals surface area contributed by atoms with Crippen LogP contribution in [0.1, 0.15) is 12.0 Å². The third-order valence-corrected chi connectivity index (χ3v) is 5.71. The Kier molecular flexibility index (Phi) is 5.30. The van der Waals surface area contributed by atoms with E-state index in [-0.39, 0.29) is 5.91 Å². The first-order valence-corrected chi connectivity index (χ1v) is 9.86. The maximum absolute atomic E-state index is 13.0. The quantitative estimate of drug-likeness (QED) is 0.888. The SMILES string of the molecule is COc1ccccc1N1CC[NH+](CC(=O)N2CCCc3ccccc32)CC1. The number of nitrogens with zero attached hydrogens (tertiary/aromatic N) is 2. The van der Waals surface area contributed by atoms with Crippen molar-refractivity contribution < 1.29 is 14.4 Å². The molecule has 5 heteroatoms. The van der Waals surface area contributed by atoms with Crippen molar-refractivity contribution in [3.8, 4) is 5.75 Å². The molecule has 0 aliphatic carbocycles. The number of fused-ring (bicyclic) bond motifs is 1. The number of quaternary nitrogens is 1. The van der Waals surface area contributed by atoms with E-state index in [1.807, 2.05) is 23.1 Å². The van der Waals surface area contributed by atoms with Gasteiger partial charge in [-0.1, -0.05) is 30.3 Å². The molecule has 0 spiro atoms. The van der Waals surface area contributed by atoms with Crippen molar-refractivity contribution >= 4 is 17.3 Å². The van der Waals surface area contributed by atoms with Gasteiger partial charge in [-0.15, -0.1) is 0 Å². The van der Waals surface area contributed by atoms with Crippen LogP contribution in [-0.2, 0) is 11.2 Å². The van der Waals surface area contributed by atoms with E-state index in [1.165, 1.54) is 10.5 Å². The molecule has 2 aromatic carbocycles. The van der Waals surface area contributed by atoms with Crippen LogP contribution >= 0.6 is 0 Å². The summed E-state index contributed by atoms with van der Waals surface area (Å²) in [6.45, 7) is 5.25. The minimum absolute atomic E-state index is 0.253. The van der Waals surface area contributed by atoms with Crippen LogP contribution in [0.5, 0.6) is 5.75 Å². The Balaban J connectivity index is 1.37. The average Bonchev–Trinajstić information content (AvgIpc) is 2.74. The Labute approximate surface area is 161 Å². The minimum atomic E-state index is 0.253. The van der Waals surface area contributed by atoms with Crippen LogP contribution in [0.25, 0.3) is 0 Å². The van der Waals surface area contributed by atoms with Gasteiger partial charge in [0.2, 0.25) is 0 Å². The lowest BCUT2D eigenvalue weighted by molar-refractivity contribution is -0.892. The summed E-state index contributed by atoms with van der Waals surface area (Å²) in [5.41, 5.74) is 3.56. The van der Waals surface area contributed by atoms with Gasteiger partial charge in [-0.05, 0) is 36.6 Å². The number of anilines is 2. The van der Waals surface area contributed by atoms with Crippen molar-refractivity contribution in [2.45, 2.75) is 12.8 Å². The van der Waals surface area contributed by atoms with E-state index < -0.39 is 0 Å². The van der Waals surface area contributed by atoms with E-state index >= 15 is 0 Å². The van der Waals surface area contributed by atoms with Crippen LogP contribution in [0.3, 0.4) is 0 Å². The molecule has 2 aliphatic heterocycles. The van der Waals surface area contributed by atoms with Gasteiger partial charge in [-0.3, -0.25) is 4.79 Å². The van der Waals surface area contributed by atoms with Crippen molar-refractivity contribution in [1.29, 1.82) is 0 Å². The largest absolute Gasteiger partial charge is 0.495 e. The van der Waals surface area contributed by atoms with Crippen LogP contribution in [-0.4, -0.2) is 52.3 Å². The van der Waals surface area contributed by atoms with Crippen LogP contribution in [0.15, 0.2) is 48.5 Å². The summed E-state index contributed by atoms with van der Waals surface area (Å²) >= 11 is 0. The van der Waals surface area contributed by atoms with Gasteiger partial charge >= 0.3 is 0 Å². The van der Waals surface area contributed by atoms with Gasteiger partial charge in [0.05, 0.1) is 39.0 Å². The number of para-hydroxylation sites is 3. The fourth-order valence-corrected chi connectivity index (χ4v) is 4.23. The summed E-state index contributed by atoms with van der Waals surface area (Å²) in [4.78, 5) is 18.7. The molecule has 0 unspecified atom stereocenters. The number of carbonyl (C=O) groups is 1. The standard InChI is InChI=1S/C22H27N3O2/c1-27-21-11-5-4-10-20(21)24-15-13-23(14-16-24)17-22(26)25-12-6-8-18-7-2-3-9-19(18)25/h2-5,7,9-11H,6,8,12-17H2,1H3/p+1. The number of hydrogen-bond acceptors (Lipinski definition) is 3. The van der Waals surface area contributed by atoms with Crippen molar-refractivity contribution in [3.63, 3.8) is 0 Å². The van der Waals surface area contributed by atoms with Gasteiger partial charge in [-0.25, -0.2) is 0 Å². The Bertz CT molecular complexity index is 800. The molecular weight excluding hydrogens is 338 g/mol. The Morgan fingerprint density at radius 3 is 2.48 bits per heavy atom. The normalized spacial score (nSPS) is 17.5. The van der Waals surface area contributed by atoms with Gasteiger partial charge in [0.25, 0.3) is 5.91 Å². The van der Waals surface area contributed by atoms with Gasteiger partial charge in [0.15, 0.2) is 6.54 Å². The summed E-state index contributed by atoms with van der Waals surface area (Å²) in [6, 6.07) is 16.5. The summed E-state index contributed by atoms with van der Waals surface area (Å²) in [5.74, 6) is 1.17. The second-order valence-electron chi connectivity index (χ2n) is 7.36. The molecule has 2 aromatic rings. The fraction of sp³-hybridized carbons (Fsp3) is 0.409. The second kappa shape index (κ2) is 8.01. The Morgan fingerprint density at radius 2 is 1.70 bits per heavy atom. The molecule has 0 radical (unpaired) electrons. The third kappa shape index (κ3) is 3.78. The highest BCUT2D eigenvalue weighted by atomic mass is 16.5. The number of carbonyl (C=O) groups excluding carboxylic acids is 1. The van der Waals surface area contributed by atoms with E-state index in [4.69, 9.17) is 4.74 Å². The van der Waals surface area contributed by atoms with Crippen LogP contribution in [0.2, 0.25) is 0 Å². The molecule has 5 nitrogen and oxygen atoms in total. The maximum Gasteiger partial charge on any atom is 0.282 e. The number of amides is 1. The summed E-state index contributed by atoms with van der Waals surface area (Å²) in [7, 11) is 1.72. The highest BCUT2D eigenvalue weighted by Gasteiger charge is 2.28. The smallest absolute Gasteiger partial charge is 0.282 e. The zero-order valence-electron chi connectivity index (χ0n) is 16.0. The molecule has 27 heavy (non-hydrogen) atoms. The number of piperazine rings is 1. The average molecular weight is 366 g/mol. The molecule has 2 heterocycles. The van der Waals surface area contributed by atoms with Crippen molar-refractivity contribution in [2.75, 3.05) is 56.2 Å². The molecule has 0 bridgehead atoms. The molecule has 2 aliphatic rings. The Hall–Kier alpha value is -2.53. The number of ether oxygens (including phenoxy) is 1. The zero-order valence-corrected chi connectivity index (χ0v) is 16.0. The minimum Gasteiger partial charge on any atom is -0.495 e. The lowest BCUT2D eigenvalue weighted by Crippen LogP contribution is -3.16. The Morgan fingerprint density at radius 1 is 1.00 bits per heavy atom. The first-order chi connectivity index (χ1) is 13.3. The molecular formula is C22H28N3O2+. The monoisotopic (exact) mass is 366 g/mol. The topological polar surface area (TPSA) is 37.2 Å². The predicted molar refractivity (Wildman–Crippen MR) is 108 cm³/mol. The zero-order chi connectivity index (χ0) is 18.6. The summed E-state index contributed by atoms with van der Waals surface area (Å²) in [5, 5.41) is 0. The van der Waals surface area contributed by atoms with Crippen LogP contribution < -0.4 is 19.4 Å². The van der Waals surface area contributed by atoms with E-state index in [0.29, 0.717) is 6.54 Å². The lowest BCUT2D eigenvalue weighted by atomic mass is 10.0. The first kappa shape index (κ1) is 17.9. The molecule has 0 saturated carbocycles. The molecule has 142 valence electrons. The van der Waals surface area contributed by atoms with E-state index in [2.05, 4.69) is 35.2 Å². The summed E-state index contributed by atoms with van der Waals surface area (Å²) in [6.07, 6.45) is 2.13. The summed E-state index contributed by atoms with van der Waals surface area (Å²) < 4.78 is 5.49. The van der Waals surface area contributed by atoms with Crippen molar-refractivity contribution in [3.05, 3.63) is 54.1 Å². The molecule has 1 saturated heterocycles. The maximum atomic E-state index is 13.0. The van der Waals surface area contributed by atoms with Crippen molar-refractivity contribution in [2.24, 2.45) is 0 Å². The fourth-order valence-electron chi connectivity index (χ4n) is 4.23. The van der Waals surface area contributed by atoms with Gasteiger partial charge in [0.1, 0.15) is 5.75 Å². The molecule has 0 atom stereocenters.